The Bertz CT molecular complexity index is 1040. The Morgan fingerprint density at radius 3 is 2.93 bits per heavy atom. The van der Waals surface area contributed by atoms with Crippen molar-refractivity contribution in [3.63, 3.8) is 0 Å². The second kappa shape index (κ2) is 5.78. The van der Waals surface area contributed by atoms with Crippen LogP contribution in [0.25, 0.3) is 16.0 Å². The van der Waals surface area contributed by atoms with Gasteiger partial charge < -0.3 is 5.32 Å². The van der Waals surface area contributed by atoms with Gasteiger partial charge in [0, 0.05) is 54.7 Å². The Morgan fingerprint density at radius 1 is 1.36 bits per heavy atom. The fourth-order valence-corrected chi connectivity index (χ4v) is 4.55. The van der Waals surface area contributed by atoms with Gasteiger partial charge in [0.1, 0.15) is 11.6 Å². The number of amides is 1. The molecule has 1 aromatic heterocycles. The fraction of sp³-hybridized carbons (Fsp3) is 0.409. The predicted octanol–water partition coefficient (Wildman–Crippen LogP) is 4.22. The highest BCUT2D eigenvalue weighted by Gasteiger charge is 2.50. The molecule has 0 bridgehead atoms. The lowest BCUT2D eigenvalue weighted by molar-refractivity contribution is 0.0678. The van der Waals surface area contributed by atoms with E-state index in [1.165, 1.54) is 11.0 Å². The van der Waals surface area contributed by atoms with Crippen LogP contribution in [0, 0.1) is 12.4 Å². The number of hydrogen-bond donors (Lipinski definition) is 1. The molecule has 1 saturated heterocycles. The topological polar surface area (TPSA) is 49.6 Å². The van der Waals surface area contributed by atoms with Crippen LogP contribution >= 0.6 is 0 Å². The molecule has 2 aliphatic heterocycles. The van der Waals surface area contributed by atoms with E-state index >= 15 is 4.39 Å². The summed E-state index contributed by atoms with van der Waals surface area (Å²) in [6.45, 7) is 10.6. The quantitative estimate of drug-likeness (QED) is 0.799. The summed E-state index contributed by atoms with van der Waals surface area (Å²) in [7, 11) is 0. The number of rotatable bonds is 2. The fourth-order valence-electron chi connectivity index (χ4n) is 4.55. The van der Waals surface area contributed by atoms with Gasteiger partial charge in [0.05, 0.1) is 5.56 Å². The van der Waals surface area contributed by atoms with Crippen molar-refractivity contribution in [1.29, 1.82) is 0 Å². The summed E-state index contributed by atoms with van der Waals surface area (Å²) >= 11 is 0. The van der Waals surface area contributed by atoms with Crippen LogP contribution in [-0.2, 0) is 5.41 Å². The lowest BCUT2D eigenvalue weighted by Gasteiger charge is -2.24. The zero-order valence-corrected chi connectivity index (χ0v) is 15.8. The van der Waals surface area contributed by atoms with Gasteiger partial charge in [0.25, 0.3) is 5.91 Å². The van der Waals surface area contributed by atoms with Crippen LogP contribution in [-0.4, -0.2) is 34.5 Å². The molecule has 5 nitrogen and oxygen atoms in total. The van der Waals surface area contributed by atoms with E-state index in [1.807, 2.05) is 6.07 Å². The van der Waals surface area contributed by atoms with E-state index in [9.17, 15) is 4.79 Å². The van der Waals surface area contributed by atoms with Gasteiger partial charge in [-0.1, -0.05) is 12.1 Å². The predicted molar refractivity (Wildman–Crippen MR) is 104 cm³/mol. The van der Waals surface area contributed by atoms with Gasteiger partial charge in [-0.2, -0.15) is 0 Å². The molecule has 1 aliphatic carbocycles. The number of hydrogen-bond acceptors (Lipinski definition) is 3. The minimum absolute atomic E-state index is 0.0223. The van der Waals surface area contributed by atoms with Crippen LogP contribution in [0.2, 0.25) is 0 Å². The first-order chi connectivity index (χ1) is 13.5. The standard InChI is InChI=1S/C22H21FN4O/c1-21(24-2)7-4-10-27(21)20(28)16-6-3-5-15(18(16)23)14-11-17-19(25-12-14)26-13-22(17)8-9-22/h3,5-6,11-12H,4,7-10,13H2,1H3,(H,25,26). The summed E-state index contributed by atoms with van der Waals surface area (Å²) in [5, 5.41) is 3.33. The first kappa shape index (κ1) is 17.2. The van der Waals surface area contributed by atoms with Crippen LogP contribution in [0.5, 0.6) is 0 Å². The minimum Gasteiger partial charge on any atom is -0.369 e. The molecule has 142 valence electrons. The van der Waals surface area contributed by atoms with Crippen molar-refractivity contribution < 1.29 is 9.18 Å². The third-order valence-corrected chi connectivity index (χ3v) is 6.55. The van der Waals surface area contributed by atoms with Crippen LogP contribution in [0.15, 0.2) is 30.5 Å². The van der Waals surface area contributed by atoms with Crippen LogP contribution in [0.1, 0.15) is 48.5 Å². The van der Waals surface area contributed by atoms with Crippen molar-refractivity contribution in [2.75, 3.05) is 18.4 Å². The zero-order chi connectivity index (χ0) is 19.5. The maximum absolute atomic E-state index is 15.4. The highest BCUT2D eigenvalue weighted by molar-refractivity contribution is 5.96. The number of benzene rings is 1. The molecule has 0 radical (unpaired) electrons. The van der Waals surface area contributed by atoms with E-state index in [0.717, 1.165) is 37.2 Å². The van der Waals surface area contributed by atoms with Gasteiger partial charge in [0.15, 0.2) is 0 Å². The molecule has 1 amide bonds. The molecule has 5 rings (SSSR count). The molecule has 28 heavy (non-hydrogen) atoms. The van der Waals surface area contributed by atoms with E-state index < -0.39 is 17.4 Å². The number of nitrogens with zero attached hydrogens (tertiary/aromatic N) is 3. The summed E-state index contributed by atoms with van der Waals surface area (Å²) in [6.07, 6.45) is 5.30. The number of carbonyl (C=O) groups is 1. The number of halogens is 1. The van der Waals surface area contributed by atoms with Gasteiger partial charge in [-0.15, -0.1) is 0 Å². The number of fused-ring (bicyclic) bond motifs is 2. The van der Waals surface area contributed by atoms with Gasteiger partial charge in [-0.3, -0.25) is 14.5 Å². The summed E-state index contributed by atoms with van der Waals surface area (Å²) < 4.78 is 15.4. The molecule has 2 fully saturated rings. The second-order valence-corrected chi connectivity index (χ2v) is 8.31. The van der Waals surface area contributed by atoms with Crippen molar-refractivity contribution in [2.24, 2.45) is 0 Å². The number of carbonyl (C=O) groups excluding carboxylic acids is 1. The van der Waals surface area contributed by atoms with E-state index in [0.29, 0.717) is 24.1 Å². The average Bonchev–Trinajstić information content (AvgIpc) is 3.27. The second-order valence-electron chi connectivity index (χ2n) is 8.31. The molecule has 3 aliphatic rings. The van der Waals surface area contributed by atoms with Gasteiger partial charge >= 0.3 is 5.66 Å². The van der Waals surface area contributed by atoms with Crippen molar-refractivity contribution in [3.8, 4) is 11.1 Å². The first-order valence-corrected chi connectivity index (χ1v) is 9.71. The molecule has 3 heterocycles. The molecule has 1 aromatic carbocycles. The molecule has 2 aromatic rings. The lowest BCUT2D eigenvalue weighted by Crippen LogP contribution is -2.42. The zero-order valence-electron chi connectivity index (χ0n) is 15.8. The van der Waals surface area contributed by atoms with Gasteiger partial charge in [0.2, 0.25) is 0 Å². The first-order valence-electron chi connectivity index (χ1n) is 9.71. The Balaban J connectivity index is 1.54. The molecule has 1 unspecified atom stereocenters. The van der Waals surface area contributed by atoms with Gasteiger partial charge in [-0.25, -0.2) is 15.9 Å². The van der Waals surface area contributed by atoms with Crippen LogP contribution in [0.3, 0.4) is 0 Å². The summed E-state index contributed by atoms with van der Waals surface area (Å²) in [5.74, 6) is -0.0622. The molecule has 1 N–H and O–H groups in total. The van der Waals surface area contributed by atoms with Crippen LogP contribution < -0.4 is 5.32 Å². The van der Waals surface area contributed by atoms with E-state index in [4.69, 9.17) is 6.57 Å². The third-order valence-electron chi connectivity index (χ3n) is 6.55. The minimum atomic E-state index is -0.890. The summed E-state index contributed by atoms with van der Waals surface area (Å²) in [5.41, 5.74) is 1.52. The molecular weight excluding hydrogens is 355 g/mol. The SMILES string of the molecule is [C-]#[N+]C1(C)CCCN1C(=O)c1cccc(-c2cnc3c(c2)C2(CC2)CN3)c1F. The van der Waals surface area contributed by atoms with E-state index in [1.54, 1.807) is 25.3 Å². The van der Waals surface area contributed by atoms with E-state index in [2.05, 4.69) is 15.1 Å². The largest absolute Gasteiger partial charge is 0.369 e. The van der Waals surface area contributed by atoms with Crippen molar-refractivity contribution in [1.82, 2.24) is 9.88 Å². The van der Waals surface area contributed by atoms with Crippen molar-refractivity contribution >= 4 is 11.7 Å². The Morgan fingerprint density at radius 2 is 2.18 bits per heavy atom. The normalized spacial score (nSPS) is 24.0. The number of likely N-dealkylation sites (tertiary alicyclic amines) is 1. The smallest absolute Gasteiger partial charge is 0.307 e. The Kier molecular flexibility index (Phi) is 3.54. The highest BCUT2D eigenvalue weighted by Crippen LogP contribution is 2.54. The molecule has 1 atom stereocenters. The number of pyridine rings is 1. The number of anilines is 1. The summed E-state index contributed by atoms with van der Waals surface area (Å²) in [4.78, 5) is 22.7. The molecular formula is C22H21FN4O. The highest BCUT2D eigenvalue weighted by atomic mass is 19.1. The maximum atomic E-state index is 15.4. The molecule has 1 saturated carbocycles. The monoisotopic (exact) mass is 376 g/mol. The maximum Gasteiger partial charge on any atom is 0.307 e. The lowest BCUT2D eigenvalue weighted by atomic mass is 9.95. The van der Waals surface area contributed by atoms with Crippen molar-refractivity contribution in [3.05, 3.63) is 58.8 Å². The summed E-state index contributed by atoms with van der Waals surface area (Å²) in [6, 6.07) is 6.92. The van der Waals surface area contributed by atoms with Gasteiger partial charge in [-0.05, 0) is 31.4 Å². The van der Waals surface area contributed by atoms with Crippen molar-refractivity contribution in [2.45, 2.75) is 43.7 Å². The Hall–Kier alpha value is -2.94. The molecule has 1 spiro atoms. The molecule has 6 heteroatoms. The Labute approximate surface area is 163 Å². The number of aromatic nitrogens is 1. The number of nitrogens with one attached hydrogen (secondary N) is 1. The third kappa shape index (κ3) is 2.35. The van der Waals surface area contributed by atoms with E-state index in [-0.39, 0.29) is 11.0 Å². The van der Waals surface area contributed by atoms with Crippen LogP contribution in [0.4, 0.5) is 10.2 Å². The average molecular weight is 376 g/mol.